The fourth-order valence-electron chi connectivity index (χ4n) is 3.59. The summed E-state index contributed by atoms with van der Waals surface area (Å²) in [5.41, 5.74) is 7.35. The number of fused-ring (bicyclic) bond motifs is 1. The smallest absolute Gasteiger partial charge is 0.143 e. The summed E-state index contributed by atoms with van der Waals surface area (Å²) in [6.07, 6.45) is 8.29. The van der Waals surface area contributed by atoms with E-state index in [1.54, 1.807) is 6.20 Å². The van der Waals surface area contributed by atoms with Gasteiger partial charge < -0.3 is 10.6 Å². The van der Waals surface area contributed by atoms with Gasteiger partial charge in [0, 0.05) is 18.8 Å². The number of nitrogens with one attached hydrogen (secondary N) is 1. The lowest BCUT2D eigenvalue weighted by Crippen LogP contribution is -2.43. The molecule has 1 aliphatic heterocycles. The third-order valence-electron chi connectivity index (χ3n) is 4.34. The molecule has 1 aromatic rings. The lowest BCUT2D eigenvalue weighted by atomic mass is 9.91. The number of piperidine rings is 1. The molecule has 2 aliphatic rings. The maximum absolute atomic E-state index is 7.67. The first-order valence-electron chi connectivity index (χ1n) is 6.83. The van der Waals surface area contributed by atoms with Crippen LogP contribution in [0.15, 0.2) is 18.3 Å². The van der Waals surface area contributed by atoms with Crippen LogP contribution in [0.25, 0.3) is 0 Å². The molecule has 18 heavy (non-hydrogen) atoms. The van der Waals surface area contributed by atoms with E-state index < -0.39 is 0 Å². The van der Waals surface area contributed by atoms with Crippen LogP contribution in [0.5, 0.6) is 0 Å². The van der Waals surface area contributed by atoms with Gasteiger partial charge in [-0.2, -0.15) is 0 Å². The van der Waals surface area contributed by atoms with Crippen molar-refractivity contribution in [3.8, 4) is 0 Å². The molecule has 0 amide bonds. The Labute approximate surface area is 108 Å². The molecule has 96 valence electrons. The van der Waals surface area contributed by atoms with Crippen LogP contribution in [0.3, 0.4) is 0 Å². The van der Waals surface area contributed by atoms with Gasteiger partial charge in [0.2, 0.25) is 0 Å². The van der Waals surface area contributed by atoms with Crippen LogP contribution in [0.4, 0.5) is 5.69 Å². The van der Waals surface area contributed by atoms with Gasteiger partial charge >= 0.3 is 0 Å². The Bertz CT molecular complexity index is 457. The lowest BCUT2D eigenvalue weighted by molar-refractivity contribution is 0.362. The van der Waals surface area contributed by atoms with Crippen LogP contribution in [-0.4, -0.2) is 23.4 Å². The highest BCUT2D eigenvalue weighted by molar-refractivity contribution is 5.98. The van der Waals surface area contributed by atoms with Gasteiger partial charge in [0.05, 0.1) is 5.69 Å². The number of hydrogen-bond donors (Lipinski definition) is 2. The molecule has 0 aromatic carbocycles. The molecule has 2 heterocycles. The van der Waals surface area contributed by atoms with Gasteiger partial charge in [0.15, 0.2) is 0 Å². The van der Waals surface area contributed by atoms with Crippen molar-refractivity contribution in [1.29, 1.82) is 5.41 Å². The summed E-state index contributed by atoms with van der Waals surface area (Å²) in [4.78, 5) is 6.73. The molecule has 2 fully saturated rings. The number of nitrogens with zero attached hydrogens (tertiary/aromatic N) is 2. The van der Waals surface area contributed by atoms with Gasteiger partial charge in [-0.15, -0.1) is 0 Å². The molecular weight excluding hydrogens is 224 g/mol. The molecule has 0 bridgehead atoms. The van der Waals surface area contributed by atoms with Crippen molar-refractivity contribution in [2.45, 2.75) is 38.1 Å². The molecule has 3 N–H and O–H groups in total. The van der Waals surface area contributed by atoms with E-state index in [0.717, 1.165) is 18.2 Å². The Morgan fingerprint density at radius 3 is 3.00 bits per heavy atom. The molecule has 1 aliphatic carbocycles. The predicted octanol–water partition coefficient (Wildman–Crippen LogP) is 2.13. The van der Waals surface area contributed by atoms with E-state index in [4.69, 9.17) is 11.1 Å². The Morgan fingerprint density at radius 1 is 1.33 bits per heavy atom. The van der Waals surface area contributed by atoms with Crippen LogP contribution in [0.1, 0.15) is 37.8 Å². The average molecular weight is 244 g/mol. The van der Waals surface area contributed by atoms with Gasteiger partial charge in [0.25, 0.3) is 0 Å². The topological polar surface area (TPSA) is 66.0 Å². The maximum Gasteiger partial charge on any atom is 0.143 e. The van der Waals surface area contributed by atoms with Crippen molar-refractivity contribution < 1.29 is 0 Å². The van der Waals surface area contributed by atoms with Gasteiger partial charge in [-0.05, 0) is 43.7 Å². The van der Waals surface area contributed by atoms with Crippen molar-refractivity contribution in [3.05, 3.63) is 24.0 Å². The molecule has 0 radical (unpaired) electrons. The van der Waals surface area contributed by atoms with E-state index >= 15 is 0 Å². The monoisotopic (exact) mass is 244 g/mol. The highest BCUT2D eigenvalue weighted by atomic mass is 15.2. The molecule has 1 saturated carbocycles. The molecule has 4 heteroatoms. The number of amidine groups is 1. The quantitative estimate of drug-likeness (QED) is 0.618. The number of nitrogens with two attached hydrogens (primary N) is 1. The molecular formula is C14H20N4. The second-order valence-electron chi connectivity index (χ2n) is 5.38. The average Bonchev–Trinajstić information content (AvgIpc) is 2.86. The first-order valence-corrected chi connectivity index (χ1v) is 6.83. The number of rotatable bonds is 2. The van der Waals surface area contributed by atoms with Crippen LogP contribution in [0, 0.1) is 11.3 Å². The van der Waals surface area contributed by atoms with Gasteiger partial charge in [-0.25, -0.2) is 0 Å². The maximum atomic E-state index is 7.67. The zero-order valence-corrected chi connectivity index (χ0v) is 10.6. The Hall–Kier alpha value is -1.58. The first kappa shape index (κ1) is 11.5. The number of anilines is 1. The summed E-state index contributed by atoms with van der Waals surface area (Å²) in [5, 5.41) is 7.67. The second-order valence-corrected chi connectivity index (χ2v) is 5.38. The minimum absolute atomic E-state index is 0.0747. The standard InChI is InChI=1S/C14H20N4/c15-14(16)13-12(7-2-8-17-13)18-9-3-5-10-4-1-6-11(10)18/h2,7-8,10-11H,1,3-6,9H2,(H3,15,16). The highest BCUT2D eigenvalue weighted by Gasteiger charge is 2.36. The minimum Gasteiger partial charge on any atom is -0.382 e. The summed E-state index contributed by atoms with van der Waals surface area (Å²) in [6, 6.07) is 4.64. The van der Waals surface area contributed by atoms with E-state index in [2.05, 4.69) is 16.0 Å². The van der Waals surface area contributed by atoms with Crippen molar-refractivity contribution >= 4 is 11.5 Å². The summed E-state index contributed by atoms with van der Waals surface area (Å²) in [6.45, 7) is 1.08. The highest BCUT2D eigenvalue weighted by Crippen LogP contribution is 2.39. The largest absolute Gasteiger partial charge is 0.382 e. The zero-order chi connectivity index (χ0) is 12.5. The van der Waals surface area contributed by atoms with Crippen LogP contribution in [-0.2, 0) is 0 Å². The normalized spacial score (nSPS) is 27.0. The van der Waals surface area contributed by atoms with Crippen molar-refractivity contribution in [2.75, 3.05) is 11.4 Å². The zero-order valence-electron chi connectivity index (χ0n) is 10.6. The Kier molecular flexibility index (Phi) is 2.94. The van der Waals surface area contributed by atoms with Crippen LogP contribution in [0.2, 0.25) is 0 Å². The van der Waals surface area contributed by atoms with Gasteiger partial charge in [-0.1, -0.05) is 6.42 Å². The molecule has 0 spiro atoms. The molecule has 4 nitrogen and oxygen atoms in total. The number of nitrogen functional groups attached to an aromatic ring is 1. The Morgan fingerprint density at radius 2 is 2.17 bits per heavy atom. The van der Waals surface area contributed by atoms with Gasteiger partial charge in [-0.3, -0.25) is 10.4 Å². The van der Waals surface area contributed by atoms with Crippen molar-refractivity contribution in [2.24, 2.45) is 11.7 Å². The van der Waals surface area contributed by atoms with E-state index in [-0.39, 0.29) is 5.84 Å². The fraction of sp³-hybridized carbons (Fsp3) is 0.571. The third kappa shape index (κ3) is 1.85. The summed E-state index contributed by atoms with van der Waals surface area (Å²) < 4.78 is 0. The predicted molar refractivity (Wildman–Crippen MR) is 73.0 cm³/mol. The minimum atomic E-state index is 0.0747. The molecule has 3 rings (SSSR count). The number of hydrogen-bond acceptors (Lipinski definition) is 3. The summed E-state index contributed by atoms with van der Waals surface area (Å²) >= 11 is 0. The molecule has 2 unspecified atom stereocenters. The number of pyridine rings is 1. The van der Waals surface area contributed by atoms with E-state index in [0.29, 0.717) is 11.7 Å². The van der Waals surface area contributed by atoms with E-state index in [9.17, 15) is 0 Å². The molecule has 1 saturated heterocycles. The second kappa shape index (κ2) is 4.59. The van der Waals surface area contributed by atoms with Crippen LogP contribution >= 0.6 is 0 Å². The number of aromatic nitrogens is 1. The molecule has 2 atom stereocenters. The SMILES string of the molecule is N=C(N)c1ncccc1N1CCCC2CCCC21. The summed E-state index contributed by atoms with van der Waals surface area (Å²) in [5.74, 6) is 0.907. The first-order chi connectivity index (χ1) is 8.77. The van der Waals surface area contributed by atoms with E-state index in [1.807, 2.05) is 6.07 Å². The third-order valence-corrected chi connectivity index (χ3v) is 4.34. The van der Waals surface area contributed by atoms with E-state index in [1.165, 1.54) is 32.1 Å². The fourth-order valence-corrected chi connectivity index (χ4v) is 3.59. The summed E-state index contributed by atoms with van der Waals surface area (Å²) in [7, 11) is 0. The van der Waals surface area contributed by atoms with Crippen molar-refractivity contribution in [1.82, 2.24) is 4.98 Å². The molecule has 1 aromatic heterocycles. The van der Waals surface area contributed by atoms with Crippen LogP contribution < -0.4 is 10.6 Å². The van der Waals surface area contributed by atoms with Crippen molar-refractivity contribution in [3.63, 3.8) is 0 Å². The lowest BCUT2D eigenvalue weighted by Gasteiger charge is -2.40. The van der Waals surface area contributed by atoms with Gasteiger partial charge in [0.1, 0.15) is 11.5 Å². The Balaban J connectivity index is 1.96.